The standard InChI is InChI=1S/C19H14F3N5O2S/c20-19(21,22)30-15-4-2-14(3-5-15)27-17(28)12-25(18(27)29)11-13-6-8-23-10-16(13)26-9-1-7-24-26/h1-10H,11-12H2. The van der Waals surface area contributed by atoms with Crippen molar-refractivity contribution >= 4 is 29.4 Å². The third kappa shape index (κ3) is 4.15. The summed E-state index contributed by atoms with van der Waals surface area (Å²) in [7, 11) is 0. The van der Waals surface area contributed by atoms with Crippen molar-refractivity contribution in [2.45, 2.75) is 16.9 Å². The second-order valence-corrected chi connectivity index (χ2v) is 7.50. The minimum absolute atomic E-state index is 0.0251. The molecule has 0 bridgehead atoms. The number of carbonyl (C=O) groups is 2. The summed E-state index contributed by atoms with van der Waals surface area (Å²) >= 11 is -0.257. The molecule has 7 nitrogen and oxygen atoms in total. The quantitative estimate of drug-likeness (QED) is 0.452. The summed E-state index contributed by atoms with van der Waals surface area (Å²) in [5.41, 5.74) is -2.77. The first kappa shape index (κ1) is 20.0. The van der Waals surface area contributed by atoms with Gasteiger partial charge >= 0.3 is 11.5 Å². The molecule has 0 saturated carbocycles. The van der Waals surface area contributed by atoms with Gasteiger partial charge in [-0.2, -0.15) is 18.3 Å². The van der Waals surface area contributed by atoms with E-state index < -0.39 is 17.4 Å². The van der Waals surface area contributed by atoms with Gasteiger partial charge in [-0.3, -0.25) is 9.78 Å². The summed E-state index contributed by atoms with van der Waals surface area (Å²) in [6.45, 7) is 0.0134. The minimum atomic E-state index is -4.41. The van der Waals surface area contributed by atoms with Gasteiger partial charge in [-0.25, -0.2) is 14.4 Å². The Kier molecular flexibility index (Phi) is 5.20. The lowest BCUT2D eigenvalue weighted by Gasteiger charge is -2.19. The zero-order valence-corrected chi connectivity index (χ0v) is 16.1. The lowest BCUT2D eigenvalue weighted by Crippen LogP contribution is -2.33. The maximum atomic E-state index is 12.8. The fourth-order valence-electron chi connectivity index (χ4n) is 3.10. The van der Waals surface area contributed by atoms with E-state index in [1.807, 2.05) is 0 Å². The maximum absolute atomic E-state index is 12.8. The molecule has 1 aliphatic heterocycles. The predicted octanol–water partition coefficient (Wildman–Crippen LogP) is 3.85. The molecule has 0 aliphatic carbocycles. The molecule has 3 amide bonds. The van der Waals surface area contributed by atoms with Crippen LogP contribution in [-0.2, 0) is 11.3 Å². The average molecular weight is 433 g/mol. The van der Waals surface area contributed by atoms with Gasteiger partial charge in [0.05, 0.1) is 24.1 Å². The third-order valence-corrected chi connectivity index (χ3v) is 5.11. The molecule has 0 N–H and O–H groups in total. The second-order valence-electron chi connectivity index (χ2n) is 6.36. The summed E-state index contributed by atoms with van der Waals surface area (Å²) in [5.74, 6) is -0.453. The van der Waals surface area contributed by atoms with Crippen molar-refractivity contribution in [3.8, 4) is 5.69 Å². The summed E-state index contributed by atoms with van der Waals surface area (Å²) < 4.78 is 39.1. The Morgan fingerprint density at radius 1 is 1.07 bits per heavy atom. The molecule has 0 atom stereocenters. The van der Waals surface area contributed by atoms with Gasteiger partial charge in [-0.15, -0.1) is 0 Å². The van der Waals surface area contributed by atoms with Crippen LogP contribution in [0, 0.1) is 0 Å². The average Bonchev–Trinajstić information content (AvgIpc) is 3.31. The molecular weight excluding hydrogens is 419 g/mol. The van der Waals surface area contributed by atoms with E-state index in [1.54, 1.807) is 41.6 Å². The molecular formula is C19H14F3N5O2S. The Labute approximate surface area is 173 Å². The van der Waals surface area contributed by atoms with E-state index in [0.29, 0.717) is 5.69 Å². The molecule has 2 aromatic heterocycles. The number of halogens is 3. The fourth-order valence-corrected chi connectivity index (χ4v) is 3.64. The number of anilines is 1. The molecule has 0 unspecified atom stereocenters. The number of hydrogen-bond acceptors (Lipinski definition) is 5. The monoisotopic (exact) mass is 433 g/mol. The zero-order chi connectivity index (χ0) is 21.3. The van der Waals surface area contributed by atoms with Crippen molar-refractivity contribution in [2.24, 2.45) is 0 Å². The van der Waals surface area contributed by atoms with Crippen LogP contribution >= 0.6 is 11.8 Å². The number of thioether (sulfide) groups is 1. The van der Waals surface area contributed by atoms with Crippen LogP contribution < -0.4 is 4.90 Å². The molecule has 154 valence electrons. The number of carbonyl (C=O) groups excluding carboxylic acids is 2. The Balaban J connectivity index is 1.53. The first-order valence-electron chi connectivity index (χ1n) is 8.72. The zero-order valence-electron chi connectivity index (χ0n) is 15.3. The van der Waals surface area contributed by atoms with Gasteiger partial charge in [0.25, 0.3) is 5.91 Å². The van der Waals surface area contributed by atoms with E-state index in [1.165, 1.54) is 29.2 Å². The molecule has 1 fully saturated rings. The Bertz CT molecular complexity index is 1070. The number of alkyl halides is 3. The van der Waals surface area contributed by atoms with Gasteiger partial charge in [-0.1, -0.05) is 0 Å². The van der Waals surface area contributed by atoms with E-state index in [0.717, 1.165) is 10.5 Å². The largest absolute Gasteiger partial charge is 0.446 e. The van der Waals surface area contributed by atoms with Crippen molar-refractivity contribution in [3.63, 3.8) is 0 Å². The Morgan fingerprint density at radius 2 is 1.83 bits per heavy atom. The molecule has 11 heteroatoms. The highest BCUT2D eigenvalue weighted by Crippen LogP contribution is 2.37. The number of rotatable bonds is 5. The number of aromatic nitrogens is 3. The van der Waals surface area contributed by atoms with Crippen molar-refractivity contribution < 1.29 is 22.8 Å². The van der Waals surface area contributed by atoms with E-state index in [4.69, 9.17) is 0 Å². The van der Waals surface area contributed by atoms with Gasteiger partial charge in [0.15, 0.2) is 0 Å². The fraction of sp³-hybridized carbons (Fsp3) is 0.158. The van der Waals surface area contributed by atoms with Crippen molar-refractivity contribution in [2.75, 3.05) is 11.4 Å². The molecule has 0 radical (unpaired) electrons. The van der Waals surface area contributed by atoms with Crippen LogP contribution in [0.3, 0.4) is 0 Å². The number of urea groups is 1. The Morgan fingerprint density at radius 3 is 2.50 bits per heavy atom. The van der Waals surface area contributed by atoms with Crippen LogP contribution in [0.1, 0.15) is 5.56 Å². The summed E-state index contributed by atoms with van der Waals surface area (Å²) in [4.78, 5) is 31.7. The highest BCUT2D eigenvalue weighted by Gasteiger charge is 2.37. The van der Waals surface area contributed by atoms with Gasteiger partial charge in [0.1, 0.15) is 6.54 Å². The van der Waals surface area contributed by atoms with Gasteiger partial charge < -0.3 is 4.90 Å². The number of benzene rings is 1. The van der Waals surface area contributed by atoms with Crippen molar-refractivity contribution in [3.05, 3.63) is 66.7 Å². The molecule has 4 rings (SSSR count). The molecule has 1 aliphatic rings. The van der Waals surface area contributed by atoms with E-state index in [2.05, 4.69) is 10.1 Å². The van der Waals surface area contributed by atoms with Gasteiger partial charge in [0.2, 0.25) is 0 Å². The lowest BCUT2D eigenvalue weighted by molar-refractivity contribution is -0.116. The topological polar surface area (TPSA) is 71.3 Å². The van der Waals surface area contributed by atoms with Crippen LogP contribution in [0.5, 0.6) is 0 Å². The minimum Gasteiger partial charge on any atom is -0.310 e. The van der Waals surface area contributed by atoms with Crippen LogP contribution in [0.25, 0.3) is 5.69 Å². The third-order valence-electron chi connectivity index (χ3n) is 4.37. The van der Waals surface area contributed by atoms with E-state index >= 15 is 0 Å². The van der Waals surface area contributed by atoms with Crippen molar-refractivity contribution in [1.29, 1.82) is 0 Å². The normalized spacial score (nSPS) is 14.6. The number of amides is 3. The molecule has 30 heavy (non-hydrogen) atoms. The first-order valence-corrected chi connectivity index (χ1v) is 9.54. The Hall–Kier alpha value is -3.34. The highest BCUT2D eigenvalue weighted by atomic mass is 32.2. The van der Waals surface area contributed by atoms with Crippen LogP contribution in [0.15, 0.2) is 66.1 Å². The van der Waals surface area contributed by atoms with Crippen LogP contribution in [-0.4, -0.2) is 43.7 Å². The SMILES string of the molecule is O=C1CN(Cc2ccncc2-n2cccn2)C(=O)N1c1ccc(SC(F)(F)F)cc1. The highest BCUT2D eigenvalue weighted by molar-refractivity contribution is 8.00. The molecule has 1 aromatic carbocycles. The van der Waals surface area contributed by atoms with Gasteiger partial charge in [0, 0.05) is 29.0 Å². The number of hydrogen-bond donors (Lipinski definition) is 0. The van der Waals surface area contributed by atoms with E-state index in [9.17, 15) is 22.8 Å². The van der Waals surface area contributed by atoms with Crippen molar-refractivity contribution in [1.82, 2.24) is 19.7 Å². The number of pyridine rings is 1. The number of nitrogens with zero attached hydrogens (tertiary/aromatic N) is 5. The smallest absolute Gasteiger partial charge is 0.310 e. The van der Waals surface area contributed by atoms with Crippen LogP contribution in [0.2, 0.25) is 0 Å². The lowest BCUT2D eigenvalue weighted by atomic mass is 10.2. The second kappa shape index (κ2) is 7.82. The van der Waals surface area contributed by atoms with Crippen LogP contribution in [0.4, 0.5) is 23.7 Å². The summed E-state index contributed by atoms with van der Waals surface area (Å²) in [6, 6.07) is 8.07. The molecule has 0 spiro atoms. The summed E-state index contributed by atoms with van der Waals surface area (Å²) in [5, 5.41) is 4.17. The molecule has 1 saturated heterocycles. The van der Waals surface area contributed by atoms with E-state index in [-0.39, 0.29) is 35.4 Å². The molecule has 3 aromatic rings. The van der Waals surface area contributed by atoms with Gasteiger partial charge in [-0.05, 0) is 48.2 Å². The first-order chi connectivity index (χ1) is 14.3. The predicted molar refractivity (Wildman–Crippen MR) is 103 cm³/mol. The maximum Gasteiger partial charge on any atom is 0.446 e. The number of imide groups is 1. The summed E-state index contributed by atoms with van der Waals surface area (Å²) in [6.07, 6.45) is 6.55. The molecule has 3 heterocycles.